The van der Waals surface area contributed by atoms with Crippen LogP contribution in [-0.4, -0.2) is 30.8 Å². The van der Waals surface area contributed by atoms with E-state index in [2.05, 4.69) is 21.2 Å². The quantitative estimate of drug-likeness (QED) is 0.851. The number of hydrogen-bond acceptors (Lipinski definition) is 2. The number of carbonyl (C=O) groups is 2. The number of hydrogen-bond donors (Lipinski definition) is 1. The van der Waals surface area contributed by atoms with Gasteiger partial charge in [0.15, 0.2) is 0 Å². The lowest BCUT2D eigenvalue weighted by molar-refractivity contribution is -0.138. The van der Waals surface area contributed by atoms with Crippen molar-refractivity contribution in [3.05, 3.63) is 40.9 Å². The number of allylic oxidation sites excluding steroid dienone is 2. The standard InChI is InChI=1S/C16H19BrN2O2/c1-19(2)16(21)12-8-4-3-7-11(12)15(20)18-14-10-6-5-9-13(14)17/h3-6,9-12H,7-8H2,1-2H3,(H,18,20). The third kappa shape index (κ3) is 3.73. The van der Waals surface area contributed by atoms with Gasteiger partial charge in [-0.2, -0.15) is 0 Å². The van der Waals surface area contributed by atoms with E-state index < -0.39 is 0 Å². The molecular weight excluding hydrogens is 332 g/mol. The molecule has 0 bridgehead atoms. The van der Waals surface area contributed by atoms with Crippen LogP contribution in [0.3, 0.4) is 0 Å². The molecule has 4 nitrogen and oxygen atoms in total. The molecule has 1 aliphatic rings. The van der Waals surface area contributed by atoms with Crippen LogP contribution in [0, 0.1) is 11.8 Å². The molecule has 0 heterocycles. The van der Waals surface area contributed by atoms with Gasteiger partial charge in [0.05, 0.1) is 17.5 Å². The fourth-order valence-electron chi connectivity index (χ4n) is 2.50. The van der Waals surface area contributed by atoms with Crippen molar-refractivity contribution in [2.24, 2.45) is 11.8 Å². The van der Waals surface area contributed by atoms with Crippen LogP contribution in [0.2, 0.25) is 0 Å². The van der Waals surface area contributed by atoms with Crippen molar-refractivity contribution in [1.82, 2.24) is 4.90 Å². The summed E-state index contributed by atoms with van der Waals surface area (Å²) in [6.45, 7) is 0. The summed E-state index contributed by atoms with van der Waals surface area (Å²) in [5, 5.41) is 2.91. The maximum Gasteiger partial charge on any atom is 0.228 e. The van der Waals surface area contributed by atoms with E-state index in [-0.39, 0.29) is 23.7 Å². The van der Waals surface area contributed by atoms with Crippen LogP contribution in [0.5, 0.6) is 0 Å². The minimum absolute atomic E-state index is 0.00614. The first kappa shape index (κ1) is 15.8. The van der Waals surface area contributed by atoms with Gasteiger partial charge in [-0.1, -0.05) is 24.3 Å². The van der Waals surface area contributed by atoms with Gasteiger partial charge in [-0.05, 0) is 40.9 Å². The summed E-state index contributed by atoms with van der Waals surface area (Å²) in [4.78, 5) is 26.3. The number of amides is 2. The molecule has 0 fully saturated rings. The summed E-state index contributed by atoms with van der Waals surface area (Å²) in [7, 11) is 3.45. The molecule has 112 valence electrons. The molecular formula is C16H19BrN2O2. The molecule has 2 unspecified atom stereocenters. The number of carbonyl (C=O) groups excluding carboxylic acids is 2. The number of rotatable bonds is 3. The van der Waals surface area contributed by atoms with E-state index in [1.54, 1.807) is 19.0 Å². The van der Waals surface area contributed by atoms with Crippen molar-refractivity contribution in [1.29, 1.82) is 0 Å². The number of benzene rings is 1. The zero-order valence-corrected chi connectivity index (χ0v) is 13.8. The van der Waals surface area contributed by atoms with Gasteiger partial charge in [0, 0.05) is 18.6 Å². The predicted molar refractivity (Wildman–Crippen MR) is 86.8 cm³/mol. The second-order valence-corrected chi connectivity index (χ2v) is 6.21. The molecule has 2 rings (SSSR count). The normalized spacial score (nSPS) is 20.9. The third-order valence-electron chi connectivity index (χ3n) is 3.66. The van der Waals surface area contributed by atoms with E-state index in [9.17, 15) is 9.59 Å². The van der Waals surface area contributed by atoms with Crippen molar-refractivity contribution in [3.8, 4) is 0 Å². The molecule has 0 aliphatic heterocycles. The molecule has 2 amide bonds. The van der Waals surface area contributed by atoms with Crippen molar-refractivity contribution >= 4 is 33.4 Å². The van der Waals surface area contributed by atoms with E-state index >= 15 is 0 Å². The molecule has 2 atom stereocenters. The number of nitrogens with zero attached hydrogens (tertiary/aromatic N) is 1. The monoisotopic (exact) mass is 350 g/mol. The summed E-state index contributed by atoms with van der Waals surface area (Å²) < 4.78 is 0.834. The molecule has 1 N–H and O–H groups in total. The molecule has 0 aromatic heterocycles. The number of para-hydroxylation sites is 1. The van der Waals surface area contributed by atoms with Crippen LogP contribution in [0.1, 0.15) is 12.8 Å². The Balaban J connectivity index is 2.15. The minimum Gasteiger partial charge on any atom is -0.349 e. The van der Waals surface area contributed by atoms with Gasteiger partial charge in [-0.3, -0.25) is 9.59 Å². The molecule has 0 spiro atoms. The first-order valence-corrected chi connectivity index (χ1v) is 7.71. The van der Waals surface area contributed by atoms with Gasteiger partial charge >= 0.3 is 0 Å². The average Bonchev–Trinajstić information content (AvgIpc) is 2.48. The topological polar surface area (TPSA) is 49.4 Å². The average molecular weight is 351 g/mol. The second kappa shape index (κ2) is 6.89. The third-order valence-corrected chi connectivity index (χ3v) is 4.35. The fourth-order valence-corrected chi connectivity index (χ4v) is 2.88. The van der Waals surface area contributed by atoms with E-state index in [1.165, 1.54) is 0 Å². The molecule has 0 radical (unpaired) electrons. The summed E-state index contributed by atoms with van der Waals surface area (Å²) in [5.41, 5.74) is 0.730. The van der Waals surface area contributed by atoms with Gasteiger partial charge in [-0.25, -0.2) is 0 Å². The smallest absolute Gasteiger partial charge is 0.228 e. The van der Waals surface area contributed by atoms with Gasteiger partial charge in [-0.15, -0.1) is 0 Å². The Labute approximate surface area is 133 Å². The van der Waals surface area contributed by atoms with E-state index in [4.69, 9.17) is 0 Å². The van der Waals surface area contributed by atoms with Crippen molar-refractivity contribution in [2.75, 3.05) is 19.4 Å². The molecule has 5 heteroatoms. The van der Waals surface area contributed by atoms with Gasteiger partial charge in [0.1, 0.15) is 0 Å². The summed E-state index contributed by atoms with van der Waals surface area (Å²) in [6.07, 6.45) is 5.17. The Hall–Kier alpha value is -1.62. The lowest BCUT2D eigenvalue weighted by atomic mass is 9.81. The number of halogens is 1. The van der Waals surface area contributed by atoms with Crippen molar-refractivity contribution in [3.63, 3.8) is 0 Å². The first-order valence-electron chi connectivity index (χ1n) is 6.92. The van der Waals surface area contributed by atoms with E-state index in [0.29, 0.717) is 12.8 Å². The van der Waals surface area contributed by atoms with E-state index in [1.807, 2.05) is 36.4 Å². The highest BCUT2D eigenvalue weighted by Crippen LogP contribution is 2.29. The second-order valence-electron chi connectivity index (χ2n) is 5.36. The van der Waals surface area contributed by atoms with Crippen molar-refractivity contribution < 1.29 is 9.59 Å². The highest BCUT2D eigenvalue weighted by molar-refractivity contribution is 9.10. The fraction of sp³-hybridized carbons (Fsp3) is 0.375. The first-order chi connectivity index (χ1) is 10.0. The zero-order chi connectivity index (χ0) is 15.4. The Kier molecular flexibility index (Phi) is 5.17. The largest absolute Gasteiger partial charge is 0.349 e. The Morgan fingerprint density at radius 2 is 1.76 bits per heavy atom. The maximum atomic E-state index is 12.5. The molecule has 1 aromatic carbocycles. The predicted octanol–water partition coefficient (Wildman–Crippen LogP) is 3.06. The Bertz CT molecular complexity index is 569. The maximum absolute atomic E-state index is 12.5. The molecule has 1 aromatic rings. The summed E-state index contributed by atoms with van der Waals surface area (Å²) in [5.74, 6) is -0.706. The van der Waals surface area contributed by atoms with Crippen molar-refractivity contribution in [2.45, 2.75) is 12.8 Å². The zero-order valence-electron chi connectivity index (χ0n) is 12.2. The van der Waals surface area contributed by atoms with Gasteiger partial charge in [0.25, 0.3) is 0 Å². The molecule has 1 aliphatic carbocycles. The van der Waals surface area contributed by atoms with Crippen LogP contribution in [0.15, 0.2) is 40.9 Å². The molecule has 0 saturated heterocycles. The SMILES string of the molecule is CN(C)C(=O)C1CC=CCC1C(=O)Nc1ccccc1Br. The number of anilines is 1. The Morgan fingerprint density at radius 1 is 1.14 bits per heavy atom. The lowest BCUT2D eigenvalue weighted by Crippen LogP contribution is -2.40. The van der Waals surface area contributed by atoms with Crippen LogP contribution >= 0.6 is 15.9 Å². The summed E-state index contributed by atoms with van der Waals surface area (Å²) >= 11 is 3.41. The lowest BCUT2D eigenvalue weighted by Gasteiger charge is -2.28. The van der Waals surface area contributed by atoms with Gasteiger partial charge < -0.3 is 10.2 Å². The van der Waals surface area contributed by atoms with Crippen LogP contribution < -0.4 is 5.32 Å². The van der Waals surface area contributed by atoms with Gasteiger partial charge in [0.2, 0.25) is 11.8 Å². The highest BCUT2D eigenvalue weighted by atomic mass is 79.9. The van der Waals surface area contributed by atoms with Crippen LogP contribution in [0.4, 0.5) is 5.69 Å². The molecule has 0 saturated carbocycles. The van der Waals surface area contributed by atoms with Crippen LogP contribution in [0.25, 0.3) is 0 Å². The summed E-state index contributed by atoms with van der Waals surface area (Å²) in [6, 6.07) is 7.47. The van der Waals surface area contributed by atoms with Crippen LogP contribution in [-0.2, 0) is 9.59 Å². The van der Waals surface area contributed by atoms with E-state index in [0.717, 1.165) is 10.2 Å². The molecule has 21 heavy (non-hydrogen) atoms. The highest BCUT2D eigenvalue weighted by Gasteiger charge is 2.34. The number of nitrogens with one attached hydrogen (secondary N) is 1. The Morgan fingerprint density at radius 3 is 2.38 bits per heavy atom. The minimum atomic E-state index is -0.322.